The van der Waals surface area contributed by atoms with Gasteiger partial charge in [-0.15, -0.1) is 0 Å². The van der Waals surface area contributed by atoms with E-state index >= 15 is 0 Å². The predicted octanol–water partition coefficient (Wildman–Crippen LogP) is 3.53. The van der Waals surface area contributed by atoms with Crippen LogP contribution in [-0.2, 0) is 9.53 Å². The normalized spacial score (nSPS) is 24.0. The van der Waals surface area contributed by atoms with Gasteiger partial charge >= 0.3 is 5.97 Å². The van der Waals surface area contributed by atoms with E-state index in [1.807, 2.05) is 60.8 Å². The lowest BCUT2D eigenvalue weighted by Gasteiger charge is -2.01. The molecule has 2 heterocycles. The Morgan fingerprint density at radius 1 is 1.15 bits per heavy atom. The highest BCUT2D eigenvalue weighted by atomic mass is 16.6. The number of hydrogen-bond donors (Lipinski definition) is 0. The Balaban J connectivity index is 1.58. The Hall–Kier alpha value is -3.21. The number of carbonyl (C=O) groups is 2. The summed E-state index contributed by atoms with van der Waals surface area (Å²) in [6.07, 6.45) is 2.45. The summed E-state index contributed by atoms with van der Waals surface area (Å²) >= 11 is 0. The van der Waals surface area contributed by atoms with Gasteiger partial charge in [0.2, 0.25) is 11.8 Å². The van der Waals surface area contributed by atoms with Crippen molar-refractivity contribution in [3.63, 3.8) is 0 Å². The van der Waals surface area contributed by atoms with Crippen LogP contribution in [-0.4, -0.2) is 27.9 Å². The summed E-state index contributed by atoms with van der Waals surface area (Å²) < 4.78 is 7.12. The van der Waals surface area contributed by atoms with Crippen molar-refractivity contribution < 1.29 is 14.3 Å². The minimum Gasteiger partial charge on any atom is -0.405 e. The van der Waals surface area contributed by atoms with E-state index in [0.29, 0.717) is 12.3 Å². The van der Waals surface area contributed by atoms with Crippen molar-refractivity contribution in [3.05, 3.63) is 71.9 Å². The minimum absolute atomic E-state index is 0.0513. The first-order valence-electron chi connectivity index (χ1n) is 8.58. The van der Waals surface area contributed by atoms with Gasteiger partial charge in [0.05, 0.1) is 5.52 Å². The smallest absolute Gasteiger partial charge is 0.341 e. The monoisotopic (exact) mass is 344 g/mol. The van der Waals surface area contributed by atoms with E-state index < -0.39 is 5.54 Å². The number of aliphatic imine (C=N–C) groups is 1. The number of hydrogen-bond acceptors (Lipinski definition) is 4. The number of aromatic nitrogens is 1. The minimum atomic E-state index is -0.850. The summed E-state index contributed by atoms with van der Waals surface area (Å²) in [5.74, 6) is -0.0410. The molecule has 3 aromatic rings. The van der Waals surface area contributed by atoms with Crippen LogP contribution >= 0.6 is 0 Å². The summed E-state index contributed by atoms with van der Waals surface area (Å²) in [5, 5.41) is 0.987. The summed E-state index contributed by atoms with van der Waals surface area (Å²) in [4.78, 5) is 29.2. The number of cyclic esters (lactones) is 1. The quantitative estimate of drug-likeness (QED) is 0.668. The molecule has 26 heavy (non-hydrogen) atoms. The number of rotatable bonds is 2. The number of fused-ring (bicyclic) bond motifs is 1. The average Bonchev–Trinajstić information content (AvgIpc) is 3.09. The molecule has 2 atom stereocenters. The van der Waals surface area contributed by atoms with E-state index in [2.05, 4.69) is 4.99 Å². The summed E-state index contributed by atoms with van der Waals surface area (Å²) in [6, 6.07) is 17.2. The second-order valence-corrected chi connectivity index (χ2v) is 6.84. The second-order valence-electron chi connectivity index (χ2n) is 6.84. The molecule has 5 rings (SSSR count). The maximum atomic E-state index is 12.6. The third kappa shape index (κ3) is 2.00. The molecule has 0 N–H and O–H groups in total. The lowest BCUT2D eigenvalue weighted by atomic mass is 10.1. The van der Waals surface area contributed by atoms with Crippen molar-refractivity contribution in [1.82, 2.24) is 4.57 Å². The van der Waals surface area contributed by atoms with Crippen molar-refractivity contribution in [1.29, 1.82) is 0 Å². The molecule has 0 radical (unpaired) electrons. The number of ether oxygens (including phenoxy) is 1. The molecule has 1 saturated carbocycles. The van der Waals surface area contributed by atoms with E-state index in [-0.39, 0.29) is 17.8 Å². The van der Waals surface area contributed by atoms with Gasteiger partial charge in [0.25, 0.3) is 0 Å². The molecule has 2 aliphatic rings. The molecule has 5 heteroatoms. The zero-order valence-corrected chi connectivity index (χ0v) is 14.2. The third-order valence-electron chi connectivity index (χ3n) is 5.25. The van der Waals surface area contributed by atoms with Crippen molar-refractivity contribution in [2.24, 2.45) is 4.99 Å². The van der Waals surface area contributed by atoms with Crippen LogP contribution in [0.5, 0.6) is 0 Å². The number of para-hydroxylation sites is 1. The molecule has 2 aromatic carbocycles. The highest BCUT2D eigenvalue weighted by Gasteiger charge is 2.66. The lowest BCUT2D eigenvalue weighted by Crippen LogP contribution is -2.18. The molecule has 1 aliphatic carbocycles. The van der Waals surface area contributed by atoms with Crippen LogP contribution in [0.1, 0.15) is 35.2 Å². The second kappa shape index (κ2) is 5.14. The zero-order valence-electron chi connectivity index (χ0n) is 14.2. The molecule has 128 valence electrons. The van der Waals surface area contributed by atoms with Crippen molar-refractivity contribution in [2.75, 3.05) is 0 Å². The molecule has 0 saturated heterocycles. The molecule has 1 spiro atoms. The zero-order chi connectivity index (χ0) is 17.9. The number of esters is 1. The van der Waals surface area contributed by atoms with Crippen LogP contribution in [0.2, 0.25) is 0 Å². The Kier molecular flexibility index (Phi) is 2.98. The Labute approximate surface area is 149 Å². The largest absolute Gasteiger partial charge is 0.405 e. The molecule has 1 aromatic heterocycles. The van der Waals surface area contributed by atoms with E-state index in [9.17, 15) is 9.59 Å². The van der Waals surface area contributed by atoms with Crippen LogP contribution in [0.3, 0.4) is 0 Å². The summed E-state index contributed by atoms with van der Waals surface area (Å²) in [5.41, 5.74) is 1.78. The van der Waals surface area contributed by atoms with E-state index in [1.165, 1.54) is 6.92 Å². The van der Waals surface area contributed by atoms with Crippen molar-refractivity contribution in [2.45, 2.75) is 24.8 Å². The van der Waals surface area contributed by atoms with Gasteiger partial charge in [0.1, 0.15) is 0 Å². The molecule has 5 nitrogen and oxygen atoms in total. The van der Waals surface area contributed by atoms with Gasteiger partial charge in [-0.25, -0.2) is 9.79 Å². The average molecular weight is 344 g/mol. The lowest BCUT2D eigenvalue weighted by molar-refractivity contribution is -0.136. The van der Waals surface area contributed by atoms with Crippen LogP contribution in [0.4, 0.5) is 0 Å². The van der Waals surface area contributed by atoms with Crippen LogP contribution in [0, 0.1) is 0 Å². The van der Waals surface area contributed by atoms with Crippen molar-refractivity contribution >= 4 is 28.7 Å². The Morgan fingerprint density at radius 3 is 2.65 bits per heavy atom. The van der Waals surface area contributed by atoms with Gasteiger partial charge in [0.15, 0.2) is 5.54 Å². The molecule has 1 aliphatic heterocycles. The van der Waals surface area contributed by atoms with Gasteiger partial charge in [-0.2, -0.15) is 0 Å². The maximum absolute atomic E-state index is 12.6. The topological polar surface area (TPSA) is 60.7 Å². The first kappa shape index (κ1) is 15.1. The SMILES string of the molecule is CC(=O)n1cc([C@@H]2C[C@@]23N=C(c2ccccc2)OC3=O)c2ccccc21. The van der Waals surface area contributed by atoms with Gasteiger partial charge in [-0.05, 0) is 30.2 Å². The molecule has 0 amide bonds. The molecular weight excluding hydrogens is 328 g/mol. The van der Waals surface area contributed by atoms with E-state index in [1.54, 1.807) is 4.57 Å². The number of nitrogens with zero attached hydrogens (tertiary/aromatic N) is 2. The third-order valence-corrected chi connectivity index (χ3v) is 5.25. The fourth-order valence-electron chi connectivity index (χ4n) is 3.84. The standard InChI is InChI=1S/C21H16N2O3/c1-13(24)23-12-16(15-9-5-6-10-18(15)23)17-11-21(17)20(25)26-19(22-21)14-7-3-2-4-8-14/h2-10,12,17H,11H2,1H3/t17-,21+/m0/s1. The molecular formula is C21H16N2O3. The van der Waals surface area contributed by atoms with Gasteiger partial charge in [-0.1, -0.05) is 36.4 Å². The fraction of sp³-hybridized carbons (Fsp3) is 0.190. The van der Waals surface area contributed by atoms with Gasteiger partial charge < -0.3 is 4.74 Å². The Bertz CT molecular complexity index is 1100. The van der Waals surface area contributed by atoms with E-state index in [0.717, 1.165) is 22.0 Å². The number of carbonyl (C=O) groups excluding carboxylic acids is 2. The summed E-state index contributed by atoms with van der Waals surface area (Å²) in [6.45, 7) is 1.54. The van der Waals surface area contributed by atoms with E-state index in [4.69, 9.17) is 4.74 Å². The number of benzene rings is 2. The Morgan fingerprint density at radius 2 is 1.88 bits per heavy atom. The fourth-order valence-corrected chi connectivity index (χ4v) is 3.84. The molecule has 0 bridgehead atoms. The van der Waals surface area contributed by atoms with Crippen LogP contribution < -0.4 is 0 Å². The first-order valence-corrected chi connectivity index (χ1v) is 8.58. The van der Waals surface area contributed by atoms with Gasteiger partial charge in [0, 0.05) is 30.0 Å². The molecule has 0 unspecified atom stereocenters. The molecule has 1 fully saturated rings. The first-order chi connectivity index (χ1) is 12.6. The van der Waals surface area contributed by atoms with Crippen molar-refractivity contribution in [3.8, 4) is 0 Å². The highest BCUT2D eigenvalue weighted by molar-refractivity contribution is 6.10. The highest BCUT2D eigenvalue weighted by Crippen LogP contribution is 2.58. The predicted molar refractivity (Wildman–Crippen MR) is 97.4 cm³/mol. The maximum Gasteiger partial charge on any atom is 0.341 e. The van der Waals surface area contributed by atoms with Gasteiger partial charge in [-0.3, -0.25) is 9.36 Å². The van der Waals surface area contributed by atoms with Crippen LogP contribution in [0.25, 0.3) is 10.9 Å². The van der Waals surface area contributed by atoms with Crippen LogP contribution in [0.15, 0.2) is 65.8 Å². The summed E-state index contributed by atoms with van der Waals surface area (Å²) in [7, 11) is 0.